The van der Waals surface area contributed by atoms with E-state index in [1.807, 2.05) is 0 Å². The predicted octanol–water partition coefficient (Wildman–Crippen LogP) is 1.05. The molecular weight excluding hydrogens is 256 g/mol. The van der Waals surface area contributed by atoms with E-state index in [2.05, 4.69) is 16.0 Å². The second-order valence-electron chi connectivity index (χ2n) is 4.82. The van der Waals surface area contributed by atoms with Gasteiger partial charge in [-0.2, -0.15) is 0 Å². The number of hydrogen-bond donors (Lipinski definition) is 4. The molecule has 0 aliphatic heterocycles. The van der Waals surface area contributed by atoms with Crippen molar-refractivity contribution in [3.05, 3.63) is 29.8 Å². The molecule has 0 aromatic heterocycles. The third kappa shape index (κ3) is 3.71. The molecule has 6 heteroatoms. The van der Waals surface area contributed by atoms with E-state index in [0.29, 0.717) is 24.3 Å². The van der Waals surface area contributed by atoms with Crippen LogP contribution >= 0.6 is 0 Å². The van der Waals surface area contributed by atoms with E-state index in [1.54, 1.807) is 24.3 Å². The maximum atomic E-state index is 12.0. The van der Waals surface area contributed by atoms with Crippen molar-refractivity contribution in [2.75, 3.05) is 18.4 Å². The van der Waals surface area contributed by atoms with Crippen LogP contribution in [0.2, 0.25) is 0 Å². The van der Waals surface area contributed by atoms with Crippen molar-refractivity contribution in [3.8, 4) is 0 Å². The van der Waals surface area contributed by atoms with Gasteiger partial charge in [0.2, 0.25) is 0 Å². The van der Waals surface area contributed by atoms with Gasteiger partial charge in [-0.25, -0.2) is 4.79 Å². The molecule has 0 atom stereocenters. The molecule has 0 bridgehead atoms. The quantitative estimate of drug-likeness (QED) is 0.647. The van der Waals surface area contributed by atoms with E-state index in [-0.39, 0.29) is 18.0 Å². The monoisotopic (exact) mass is 276 g/mol. The van der Waals surface area contributed by atoms with E-state index in [0.717, 1.165) is 19.3 Å². The van der Waals surface area contributed by atoms with Crippen LogP contribution in [0.5, 0.6) is 0 Å². The number of benzene rings is 1. The van der Waals surface area contributed by atoms with Gasteiger partial charge < -0.3 is 21.7 Å². The SMILES string of the molecule is NCCNC(=O)c1ccccc1NC(=O)NC1CCC1. The van der Waals surface area contributed by atoms with Gasteiger partial charge in [0.15, 0.2) is 0 Å². The molecule has 1 fully saturated rings. The van der Waals surface area contributed by atoms with Crippen molar-refractivity contribution in [2.45, 2.75) is 25.3 Å². The number of amides is 3. The molecule has 108 valence electrons. The van der Waals surface area contributed by atoms with Crippen molar-refractivity contribution in [1.82, 2.24) is 10.6 Å². The molecule has 1 aliphatic carbocycles. The van der Waals surface area contributed by atoms with Gasteiger partial charge in [0, 0.05) is 19.1 Å². The molecule has 1 saturated carbocycles. The number of carbonyl (C=O) groups excluding carboxylic acids is 2. The summed E-state index contributed by atoms with van der Waals surface area (Å²) < 4.78 is 0. The molecule has 20 heavy (non-hydrogen) atoms. The zero-order valence-corrected chi connectivity index (χ0v) is 11.3. The first-order chi connectivity index (χ1) is 9.70. The van der Waals surface area contributed by atoms with Crippen LogP contribution in [0.4, 0.5) is 10.5 Å². The lowest BCUT2D eigenvalue weighted by molar-refractivity contribution is 0.0955. The lowest BCUT2D eigenvalue weighted by Crippen LogP contribution is -2.42. The van der Waals surface area contributed by atoms with Crippen LogP contribution in [0, 0.1) is 0 Å². The summed E-state index contributed by atoms with van der Waals surface area (Å²) in [5.41, 5.74) is 6.29. The topological polar surface area (TPSA) is 96.2 Å². The number of anilines is 1. The minimum atomic E-state index is -0.270. The first-order valence-electron chi connectivity index (χ1n) is 6.85. The average Bonchev–Trinajstić information content (AvgIpc) is 2.41. The Labute approximate surface area is 118 Å². The Hall–Kier alpha value is -2.08. The Morgan fingerprint density at radius 3 is 2.65 bits per heavy atom. The number of urea groups is 1. The number of nitrogens with two attached hydrogens (primary N) is 1. The molecular formula is C14H20N4O2. The predicted molar refractivity (Wildman–Crippen MR) is 77.6 cm³/mol. The number of nitrogens with one attached hydrogen (secondary N) is 3. The first kappa shape index (κ1) is 14.3. The summed E-state index contributed by atoms with van der Waals surface area (Å²) in [7, 11) is 0. The molecule has 0 spiro atoms. The largest absolute Gasteiger partial charge is 0.351 e. The molecule has 1 aromatic rings. The maximum absolute atomic E-state index is 12.0. The highest BCUT2D eigenvalue weighted by molar-refractivity contribution is 6.03. The van der Waals surface area contributed by atoms with Crippen LogP contribution in [0.3, 0.4) is 0 Å². The van der Waals surface area contributed by atoms with Crippen LogP contribution in [0.25, 0.3) is 0 Å². The number of carbonyl (C=O) groups is 2. The summed E-state index contributed by atoms with van der Waals surface area (Å²) in [6.45, 7) is 0.783. The van der Waals surface area contributed by atoms with Gasteiger partial charge in [0.1, 0.15) is 0 Å². The van der Waals surface area contributed by atoms with Crippen LogP contribution in [0.1, 0.15) is 29.6 Å². The van der Waals surface area contributed by atoms with Crippen molar-refractivity contribution in [2.24, 2.45) is 5.73 Å². The average molecular weight is 276 g/mol. The van der Waals surface area contributed by atoms with Crippen molar-refractivity contribution >= 4 is 17.6 Å². The molecule has 1 aliphatic rings. The van der Waals surface area contributed by atoms with Crippen molar-refractivity contribution < 1.29 is 9.59 Å². The van der Waals surface area contributed by atoms with Gasteiger partial charge in [-0.3, -0.25) is 4.79 Å². The van der Waals surface area contributed by atoms with E-state index in [1.165, 1.54) is 0 Å². The highest BCUT2D eigenvalue weighted by Gasteiger charge is 2.20. The summed E-state index contributed by atoms with van der Waals surface area (Å²) in [6.07, 6.45) is 3.20. The number of para-hydroxylation sites is 1. The number of hydrogen-bond acceptors (Lipinski definition) is 3. The lowest BCUT2D eigenvalue weighted by atomic mass is 9.93. The van der Waals surface area contributed by atoms with Gasteiger partial charge in [0.05, 0.1) is 11.3 Å². The molecule has 0 unspecified atom stereocenters. The fourth-order valence-electron chi connectivity index (χ4n) is 1.97. The summed E-state index contributed by atoms with van der Waals surface area (Å²) in [5.74, 6) is -0.241. The number of rotatable bonds is 5. The maximum Gasteiger partial charge on any atom is 0.319 e. The normalized spacial score (nSPS) is 14.2. The molecule has 0 saturated heterocycles. The zero-order valence-electron chi connectivity index (χ0n) is 11.3. The molecule has 0 radical (unpaired) electrons. The third-order valence-corrected chi connectivity index (χ3v) is 3.29. The van der Waals surface area contributed by atoms with E-state index >= 15 is 0 Å². The lowest BCUT2D eigenvalue weighted by Gasteiger charge is -2.26. The van der Waals surface area contributed by atoms with Crippen molar-refractivity contribution in [3.63, 3.8) is 0 Å². The van der Waals surface area contributed by atoms with Crippen LogP contribution in [-0.4, -0.2) is 31.1 Å². The van der Waals surface area contributed by atoms with Gasteiger partial charge in [-0.05, 0) is 31.4 Å². The summed E-state index contributed by atoms with van der Waals surface area (Å²) in [4.78, 5) is 23.8. The summed E-state index contributed by atoms with van der Waals surface area (Å²) in [6, 6.07) is 6.90. The van der Waals surface area contributed by atoms with Crippen LogP contribution < -0.4 is 21.7 Å². The fourth-order valence-corrected chi connectivity index (χ4v) is 1.97. The minimum absolute atomic E-state index is 0.241. The second kappa shape index (κ2) is 6.91. The summed E-state index contributed by atoms with van der Waals surface area (Å²) >= 11 is 0. The van der Waals surface area contributed by atoms with Crippen LogP contribution in [0.15, 0.2) is 24.3 Å². The molecule has 1 aromatic carbocycles. The standard InChI is InChI=1S/C14H20N4O2/c15-8-9-16-13(19)11-6-1-2-7-12(11)18-14(20)17-10-4-3-5-10/h1-2,6-7,10H,3-5,8-9,15H2,(H,16,19)(H2,17,18,20). The molecule has 3 amide bonds. The smallest absolute Gasteiger partial charge is 0.319 e. The Balaban J connectivity index is 1.99. The molecule has 5 N–H and O–H groups in total. The van der Waals surface area contributed by atoms with Crippen LogP contribution in [-0.2, 0) is 0 Å². The van der Waals surface area contributed by atoms with E-state index in [4.69, 9.17) is 5.73 Å². The van der Waals surface area contributed by atoms with Crippen molar-refractivity contribution in [1.29, 1.82) is 0 Å². The molecule has 0 heterocycles. The fraction of sp³-hybridized carbons (Fsp3) is 0.429. The Bertz CT molecular complexity index is 486. The minimum Gasteiger partial charge on any atom is -0.351 e. The second-order valence-corrected chi connectivity index (χ2v) is 4.82. The summed E-state index contributed by atoms with van der Waals surface area (Å²) in [5, 5.41) is 8.29. The third-order valence-electron chi connectivity index (χ3n) is 3.29. The Morgan fingerprint density at radius 2 is 2.00 bits per heavy atom. The van der Waals surface area contributed by atoms with Gasteiger partial charge >= 0.3 is 6.03 Å². The van der Waals surface area contributed by atoms with E-state index in [9.17, 15) is 9.59 Å². The first-order valence-corrected chi connectivity index (χ1v) is 6.85. The van der Waals surface area contributed by atoms with Gasteiger partial charge in [-0.15, -0.1) is 0 Å². The van der Waals surface area contributed by atoms with E-state index < -0.39 is 0 Å². The molecule has 2 rings (SSSR count). The Kier molecular flexibility index (Phi) is 4.95. The molecule has 6 nitrogen and oxygen atoms in total. The zero-order chi connectivity index (χ0) is 14.4. The Morgan fingerprint density at radius 1 is 1.25 bits per heavy atom. The highest BCUT2D eigenvalue weighted by Crippen LogP contribution is 2.19. The van der Waals surface area contributed by atoms with Gasteiger partial charge in [0.25, 0.3) is 5.91 Å². The highest BCUT2D eigenvalue weighted by atomic mass is 16.2. The van der Waals surface area contributed by atoms with Gasteiger partial charge in [-0.1, -0.05) is 12.1 Å².